The number of rotatable bonds is 5. The number of carbonyl (C=O) groups is 1. The molecule has 92 valence electrons. The van der Waals surface area contributed by atoms with E-state index in [0.29, 0.717) is 5.82 Å². The van der Waals surface area contributed by atoms with Crippen molar-refractivity contribution in [2.24, 2.45) is 0 Å². The van der Waals surface area contributed by atoms with E-state index in [1.807, 2.05) is 0 Å². The maximum Gasteiger partial charge on any atom is 0.305 e. The van der Waals surface area contributed by atoms with Crippen molar-refractivity contribution in [1.82, 2.24) is 4.98 Å². The van der Waals surface area contributed by atoms with Gasteiger partial charge in [-0.15, -0.1) is 0 Å². The number of nitrogens with zero attached hydrogens (tertiary/aromatic N) is 3. The lowest BCUT2D eigenvalue weighted by molar-refractivity contribution is -0.385. The summed E-state index contributed by atoms with van der Waals surface area (Å²) in [4.78, 5) is 25.6. The molecule has 0 bridgehead atoms. The SMILES string of the molecule is CN(CCC(=O)O)c1ncc([N+](=O)[O-])cc1Cl. The van der Waals surface area contributed by atoms with Gasteiger partial charge in [0.1, 0.15) is 12.0 Å². The second-order valence-corrected chi connectivity index (χ2v) is 3.73. The van der Waals surface area contributed by atoms with Gasteiger partial charge in [0.05, 0.1) is 16.4 Å². The van der Waals surface area contributed by atoms with Gasteiger partial charge >= 0.3 is 5.97 Å². The standard InChI is InChI=1S/C9H10ClN3O4/c1-12(3-2-8(14)15)9-7(10)4-6(5-11-9)13(16)17/h4-5H,2-3H2,1H3,(H,14,15). The van der Waals surface area contributed by atoms with Crippen LogP contribution >= 0.6 is 11.6 Å². The minimum atomic E-state index is -0.935. The van der Waals surface area contributed by atoms with Gasteiger partial charge in [0.15, 0.2) is 0 Å². The minimum absolute atomic E-state index is 0.0640. The van der Waals surface area contributed by atoms with Gasteiger partial charge in [-0.3, -0.25) is 14.9 Å². The molecule has 0 saturated heterocycles. The highest BCUT2D eigenvalue weighted by Gasteiger charge is 2.14. The molecule has 0 radical (unpaired) electrons. The molecule has 0 aliphatic rings. The Hall–Kier alpha value is -1.89. The van der Waals surface area contributed by atoms with Crippen LogP contribution in [0.25, 0.3) is 0 Å². The molecule has 7 nitrogen and oxygen atoms in total. The van der Waals surface area contributed by atoms with E-state index >= 15 is 0 Å². The van der Waals surface area contributed by atoms with Crippen LogP contribution < -0.4 is 4.90 Å². The number of halogens is 1. The van der Waals surface area contributed by atoms with E-state index in [1.54, 1.807) is 7.05 Å². The third-order valence-corrected chi connectivity index (χ3v) is 2.32. The molecule has 1 aromatic heterocycles. The van der Waals surface area contributed by atoms with Crippen molar-refractivity contribution in [3.05, 3.63) is 27.4 Å². The second kappa shape index (κ2) is 5.44. The molecule has 8 heteroatoms. The lowest BCUT2D eigenvalue weighted by Crippen LogP contribution is -2.22. The lowest BCUT2D eigenvalue weighted by Gasteiger charge is -2.17. The summed E-state index contributed by atoms with van der Waals surface area (Å²) in [7, 11) is 1.61. The second-order valence-electron chi connectivity index (χ2n) is 3.32. The zero-order valence-corrected chi connectivity index (χ0v) is 9.72. The molecule has 0 atom stereocenters. The first-order valence-corrected chi connectivity index (χ1v) is 5.02. The topological polar surface area (TPSA) is 96.6 Å². The molecule has 1 aromatic rings. The van der Waals surface area contributed by atoms with Gasteiger partial charge in [-0.25, -0.2) is 4.98 Å². The van der Waals surface area contributed by atoms with Gasteiger partial charge in [0.25, 0.3) is 5.69 Å². The highest BCUT2D eigenvalue weighted by molar-refractivity contribution is 6.33. The molecule has 0 spiro atoms. The van der Waals surface area contributed by atoms with Crippen molar-refractivity contribution in [2.45, 2.75) is 6.42 Å². The first kappa shape index (κ1) is 13.2. The Bertz CT molecular complexity index is 452. The van der Waals surface area contributed by atoms with Gasteiger partial charge < -0.3 is 10.0 Å². The molecule has 1 rings (SSSR count). The fourth-order valence-corrected chi connectivity index (χ4v) is 1.48. The Labute approximate surface area is 102 Å². The van der Waals surface area contributed by atoms with Gasteiger partial charge in [-0.05, 0) is 0 Å². The molecule has 0 unspecified atom stereocenters. The van der Waals surface area contributed by atoms with Crippen molar-refractivity contribution in [3.63, 3.8) is 0 Å². The van der Waals surface area contributed by atoms with Gasteiger partial charge in [0.2, 0.25) is 0 Å². The van der Waals surface area contributed by atoms with Crippen molar-refractivity contribution in [1.29, 1.82) is 0 Å². The van der Waals surface area contributed by atoms with Crippen molar-refractivity contribution in [2.75, 3.05) is 18.5 Å². The van der Waals surface area contributed by atoms with E-state index < -0.39 is 10.9 Å². The molecule has 0 aliphatic heterocycles. The van der Waals surface area contributed by atoms with Crippen LogP contribution in [0.1, 0.15) is 6.42 Å². The number of carboxylic acids is 1. The Morgan fingerprint density at radius 2 is 2.35 bits per heavy atom. The van der Waals surface area contributed by atoms with Gasteiger partial charge in [-0.1, -0.05) is 11.6 Å². The van der Waals surface area contributed by atoms with E-state index in [-0.39, 0.29) is 23.7 Å². The highest BCUT2D eigenvalue weighted by Crippen LogP contribution is 2.26. The Kier molecular flexibility index (Phi) is 4.22. The first-order valence-electron chi connectivity index (χ1n) is 4.64. The average Bonchev–Trinajstić information content (AvgIpc) is 2.25. The summed E-state index contributed by atoms with van der Waals surface area (Å²) in [5, 5.41) is 19.1. The molecular weight excluding hydrogens is 250 g/mol. The van der Waals surface area contributed by atoms with Crippen LogP contribution in [0.3, 0.4) is 0 Å². The van der Waals surface area contributed by atoms with E-state index in [0.717, 1.165) is 6.20 Å². The normalized spacial score (nSPS) is 10.0. The van der Waals surface area contributed by atoms with Crippen LogP contribution in [-0.4, -0.2) is 34.6 Å². The first-order chi connectivity index (χ1) is 7.91. The van der Waals surface area contributed by atoms with Gasteiger partial charge in [0, 0.05) is 19.7 Å². The fraction of sp³-hybridized carbons (Fsp3) is 0.333. The summed E-state index contributed by atoms with van der Waals surface area (Å²) in [5.74, 6) is -0.617. The number of carboxylic acid groups (broad SMARTS) is 1. The van der Waals surface area contributed by atoms with Crippen molar-refractivity contribution >= 4 is 29.1 Å². The average molecular weight is 260 g/mol. The number of hydrogen-bond acceptors (Lipinski definition) is 5. The quantitative estimate of drug-likeness (QED) is 0.637. The lowest BCUT2D eigenvalue weighted by atomic mass is 10.3. The van der Waals surface area contributed by atoms with Crippen LogP contribution in [0.15, 0.2) is 12.3 Å². The van der Waals surface area contributed by atoms with E-state index in [4.69, 9.17) is 16.7 Å². The maximum absolute atomic E-state index is 10.5. The van der Waals surface area contributed by atoms with E-state index in [2.05, 4.69) is 4.98 Å². The number of aromatic nitrogens is 1. The number of anilines is 1. The molecule has 0 saturated carbocycles. The zero-order chi connectivity index (χ0) is 13.0. The van der Waals surface area contributed by atoms with Crippen molar-refractivity contribution in [3.8, 4) is 0 Å². The van der Waals surface area contributed by atoms with Crippen molar-refractivity contribution < 1.29 is 14.8 Å². The molecule has 0 amide bonds. The summed E-state index contributed by atoms with van der Waals surface area (Å²) >= 11 is 5.83. The monoisotopic (exact) mass is 259 g/mol. The van der Waals surface area contributed by atoms with E-state index in [1.165, 1.54) is 11.0 Å². The largest absolute Gasteiger partial charge is 0.481 e. The summed E-state index contributed by atoms with van der Waals surface area (Å²) in [6.07, 6.45) is 1.02. The summed E-state index contributed by atoms with van der Waals surface area (Å²) in [5.41, 5.74) is -0.203. The minimum Gasteiger partial charge on any atom is -0.481 e. The molecule has 17 heavy (non-hydrogen) atoms. The number of hydrogen-bond donors (Lipinski definition) is 1. The summed E-state index contributed by atoms with van der Waals surface area (Å²) in [6, 6.07) is 1.18. The number of aliphatic carboxylic acids is 1. The Morgan fingerprint density at radius 1 is 1.71 bits per heavy atom. The summed E-state index contributed by atoms with van der Waals surface area (Å²) in [6.45, 7) is 0.222. The number of pyridine rings is 1. The molecular formula is C9H10ClN3O4. The molecule has 1 heterocycles. The third kappa shape index (κ3) is 3.56. The molecule has 0 aromatic carbocycles. The summed E-state index contributed by atoms with van der Waals surface area (Å²) < 4.78 is 0. The van der Waals surface area contributed by atoms with Crippen LogP contribution in [0, 0.1) is 10.1 Å². The maximum atomic E-state index is 10.5. The van der Waals surface area contributed by atoms with Crippen LogP contribution in [0.5, 0.6) is 0 Å². The van der Waals surface area contributed by atoms with E-state index in [9.17, 15) is 14.9 Å². The Morgan fingerprint density at radius 3 is 2.82 bits per heavy atom. The zero-order valence-electron chi connectivity index (χ0n) is 8.96. The fourth-order valence-electron chi connectivity index (χ4n) is 1.17. The van der Waals surface area contributed by atoms with Crippen LogP contribution in [0.4, 0.5) is 11.5 Å². The predicted molar refractivity (Wildman–Crippen MR) is 61.4 cm³/mol. The Balaban J connectivity index is 2.84. The van der Waals surface area contributed by atoms with Crippen LogP contribution in [-0.2, 0) is 4.79 Å². The molecule has 0 aliphatic carbocycles. The predicted octanol–water partition coefficient (Wildman–Crippen LogP) is 1.55. The highest BCUT2D eigenvalue weighted by atomic mass is 35.5. The van der Waals surface area contributed by atoms with Gasteiger partial charge in [-0.2, -0.15) is 0 Å². The smallest absolute Gasteiger partial charge is 0.305 e. The molecule has 0 fully saturated rings. The molecule has 1 N–H and O–H groups in total. The van der Waals surface area contributed by atoms with Crippen LogP contribution in [0.2, 0.25) is 5.02 Å². The third-order valence-electron chi connectivity index (χ3n) is 2.04. The number of nitro groups is 1.